The Kier molecular flexibility index (Phi) is 5.27. The van der Waals surface area contributed by atoms with Gasteiger partial charge in [0, 0.05) is 42.6 Å². The van der Waals surface area contributed by atoms with Gasteiger partial charge < -0.3 is 15.1 Å². The number of halogens is 4. The minimum atomic E-state index is -4.44. The fourth-order valence-corrected chi connectivity index (χ4v) is 2.92. The molecular formula is C18H17ClF3N3O. The van der Waals surface area contributed by atoms with Gasteiger partial charge in [-0.05, 0) is 42.5 Å². The van der Waals surface area contributed by atoms with Gasteiger partial charge in [0.1, 0.15) is 0 Å². The molecule has 1 aliphatic rings. The molecule has 0 saturated carbocycles. The van der Waals surface area contributed by atoms with E-state index in [0.29, 0.717) is 31.2 Å². The zero-order chi connectivity index (χ0) is 18.7. The maximum absolute atomic E-state index is 12.8. The summed E-state index contributed by atoms with van der Waals surface area (Å²) in [4.78, 5) is 16.0. The number of amides is 2. The Labute approximate surface area is 154 Å². The van der Waals surface area contributed by atoms with Gasteiger partial charge in [0.05, 0.1) is 5.56 Å². The van der Waals surface area contributed by atoms with Gasteiger partial charge in [0.25, 0.3) is 0 Å². The van der Waals surface area contributed by atoms with E-state index in [1.807, 2.05) is 24.3 Å². The fourth-order valence-electron chi connectivity index (χ4n) is 2.80. The van der Waals surface area contributed by atoms with E-state index in [1.165, 1.54) is 12.1 Å². The molecule has 1 aliphatic heterocycles. The first kappa shape index (κ1) is 18.4. The van der Waals surface area contributed by atoms with Crippen molar-refractivity contribution in [3.63, 3.8) is 0 Å². The number of nitrogens with one attached hydrogen (secondary N) is 1. The van der Waals surface area contributed by atoms with Crippen LogP contribution in [0, 0.1) is 0 Å². The van der Waals surface area contributed by atoms with E-state index in [-0.39, 0.29) is 5.69 Å². The van der Waals surface area contributed by atoms with Crippen molar-refractivity contribution in [3.05, 3.63) is 59.1 Å². The highest BCUT2D eigenvalue weighted by Crippen LogP contribution is 2.30. The monoisotopic (exact) mass is 383 g/mol. The third-order valence-corrected chi connectivity index (χ3v) is 4.45. The number of nitrogens with zero attached hydrogens (tertiary/aromatic N) is 2. The Hall–Kier alpha value is -2.41. The highest BCUT2D eigenvalue weighted by atomic mass is 35.5. The summed E-state index contributed by atoms with van der Waals surface area (Å²) in [5, 5.41) is 3.20. The molecule has 26 heavy (non-hydrogen) atoms. The topological polar surface area (TPSA) is 35.6 Å². The average molecular weight is 384 g/mol. The smallest absolute Gasteiger partial charge is 0.368 e. The molecule has 1 saturated heterocycles. The highest BCUT2D eigenvalue weighted by molar-refractivity contribution is 6.30. The van der Waals surface area contributed by atoms with Gasteiger partial charge in [0.15, 0.2) is 0 Å². The lowest BCUT2D eigenvalue weighted by molar-refractivity contribution is -0.137. The average Bonchev–Trinajstić information content (AvgIpc) is 2.62. The van der Waals surface area contributed by atoms with Gasteiger partial charge in [-0.2, -0.15) is 13.2 Å². The predicted octanol–water partition coefficient (Wildman–Crippen LogP) is 4.71. The molecule has 138 valence electrons. The summed E-state index contributed by atoms with van der Waals surface area (Å²) < 4.78 is 38.3. The molecule has 0 bridgehead atoms. The van der Waals surface area contributed by atoms with Gasteiger partial charge >= 0.3 is 12.2 Å². The number of hydrogen-bond donors (Lipinski definition) is 1. The molecule has 0 aliphatic carbocycles. The van der Waals surface area contributed by atoms with Crippen LogP contribution in [0.5, 0.6) is 0 Å². The number of urea groups is 1. The number of carbonyl (C=O) groups is 1. The summed E-state index contributed by atoms with van der Waals surface area (Å²) in [6, 6.07) is 11.7. The van der Waals surface area contributed by atoms with Crippen molar-refractivity contribution in [2.24, 2.45) is 0 Å². The quantitative estimate of drug-likeness (QED) is 0.815. The first-order chi connectivity index (χ1) is 12.3. The summed E-state index contributed by atoms with van der Waals surface area (Å²) in [5.74, 6) is 0. The Morgan fingerprint density at radius 3 is 2.27 bits per heavy atom. The second kappa shape index (κ2) is 7.45. The summed E-state index contributed by atoms with van der Waals surface area (Å²) >= 11 is 5.88. The van der Waals surface area contributed by atoms with E-state index >= 15 is 0 Å². The first-order valence-electron chi connectivity index (χ1n) is 8.06. The Morgan fingerprint density at radius 1 is 1.00 bits per heavy atom. The maximum Gasteiger partial charge on any atom is 0.416 e. The Bertz CT molecular complexity index is 772. The second-order valence-electron chi connectivity index (χ2n) is 5.96. The number of carbonyl (C=O) groups excluding carboxylic acids is 1. The summed E-state index contributed by atoms with van der Waals surface area (Å²) in [7, 11) is 0. The lowest BCUT2D eigenvalue weighted by Gasteiger charge is -2.36. The maximum atomic E-state index is 12.8. The number of piperazine rings is 1. The van der Waals surface area contributed by atoms with Crippen LogP contribution in [0.3, 0.4) is 0 Å². The van der Waals surface area contributed by atoms with E-state index in [2.05, 4.69) is 10.2 Å². The molecule has 2 aromatic rings. The minimum absolute atomic E-state index is 0.130. The van der Waals surface area contributed by atoms with E-state index in [4.69, 9.17) is 11.6 Å². The molecule has 3 rings (SSSR count). The van der Waals surface area contributed by atoms with Crippen LogP contribution in [0.2, 0.25) is 5.02 Å². The first-order valence-corrected chi connectivity index (χ1v) is 8.44. The van der Waals surface area contributed by atoms with E-state index < -0.39 is 17.8 Å². The molecule has 0 spiro atoms. The van der Waals surface area contributed by atoms with Crippen molar-refractivity contribution in [3.8, 4) is 0 Å². The van der Waals surface area contributed by atoms with Gasteiger partial charge in [-0.3, -0.25) is 0 Å². The zero-order valence-corrected chi connectivity index (χ0v) is 14.5. The van der Waals surface area contributed by atoms with Crippen molar-refractivity contribution >= 4 is 29.0 Å². The normalized spacial score (nSPS) is 15.1. The molecule has 0 aromatic heterocycles. The fraction of sp³-hybridized carbons (Fsp3) is 0.278. The number of rotatable bonds is 2. The molecule has 0 radical (unpaired) electrons. The Morgan fingerprint density at radius 2 is 1.65 bits per heavy atom. The van der Waals surface area contributed by atoms with Gasteiger partial charge in [-0.15, -0.1) is 0 Å². The molecule has 2 amide bonds. The minimum Gasteiger partial charge on any atom is -0.368 e. The SMILES string of the molecule is O=C(Nc1cccc(C(F)(F)F)c1)N1CCN(c2ccc(Cl)cc2)CC1. The van der Waals surface area contributed by atoms with Gasteiger partial charge in [0.2, 0.25) is 0 Å². The largest absolute Gasteiger partial charge is 0.416 e. The standard InChI is InChI=1S/C18H17ClF3N3O/c19-14-4-6-16(7-5-14)24-8-10-25(11-9-24)17(26)23-15-3-1-2-13(12-15)18(20,21)22/h1-7,12H,8-11H2,(H,23,26). The summed E-state index contributed by atoms with van der Waals surface area (Å²) in [5.41, 5.74) is 0.361. The van der Waals surface area contributed by atoms with Crippen LogP contribution in [-0.2, 0) is 6.18 Å². The highest BCUT2D eigenvalue weighted by Gasteiger charge is 2.30. The van der Waals surface area contributed by atoms with Crippen LogP contribution in [-0.4, -0.2) is 37.1 Å². The third kappa shape index (κ3) is 4.40. The molecule has 1 N–H and O–H groups in total. The predicted molar refractivity (Wildman–Crippen MR) is 95.7 cm³/mol. The van der Waals surface area contributed by atoms with Crippen LogP contribution in [0.15, 0.2) is 48.5 Å². The number of alkyl halides is 3. The molecule has 0 atom stereocenters. The number of hydrogen-bond acceptors (Lipinski definition) is 2. The summed E-state index contributed by atoms with van der Waals surface area (Å²) in [6.45, 7) is 2.23. The van der Waals surface area contributed by atoms with Crippen LogP contribution in [0.1, 0.15) is 5.56 Å². The molecule has 8 heteroatoms. The van der Waals surface area contributed by atoms with Crippen LogP contribution in [0.4, 0.5) is 29.3 Å². The van der Waals surface area contributed by atoms with Crippen LogP contribution < -0.4 is 10.2 Å². The lowest BCUT2D eigenvalue weighted by atomic mass is 10.2. The van der Waals surface area contributed by atoms with Crippen LogP contribution >= 0.6 is 11.6 Å². The van der Waals surface area contributed by atoms with Crippen LogP contribution in [0.25, 0.3) is 0 Å². The molecule has 0 unspecified atom stereocenters. The van der Waals surface area contributed by atoms with E-state index in [0.717, 1.165) is 17.8 Å². The van der Waals surface area contributed by atoms with Gasteiger partial charge in [-0.25, -0.2) is 4.79 Å². The van der Waals surface area contributed by atoms with E-state index in [9.17, 15) is 18.0 Å². The zero-order valence-electron chi connectivity index (χ0n) is 13.8. The molecule has 1 heterocycles. The summed E-state index contributed by atoms with van der Waals surface area (Å²) in [6.07, 6.45) is -4.44. The van der Waals surface area contributed by atoms with Crippen molar-refractivity contribution in [1.29, 1.82) is 0 Å². The third-order valence-electron chi connectivity index (χ3n) is 4.20. The number of benzene rings is 2. The van der Waals surface area contributed by atoms with Gasteiger partial charge in [-0.1, -0.05) is 17.7 Å². The van der Waals surface area contributed by atoms with Crippen molar-refractivity contribution in [2.45, 2.75) is 6.18 Å². The van der Waals surface area contributed by atoms with Crippen molar-refractivity contribution in [2.75, 3.05) is 36.4 Å². The Balaban J connectivity index is 1.58. The molecule has 2 aromatic carbocycles. The van der Waals surface area contributed by atoms with Crippen molar-refractivity contribution in [1.82, 2.24) is 4.90 Å². The number of anilines is 2. The van der Waals surface area contributed by atoms with Crippen molar-refractivity contribution < 1.29 is 18.0 Å². The molecular weight excluding hydrogens is 367 g/mol. The second-order valence-corrected chi connectivity index (χ2v) is 6.40. The molecule has 4 nitrogen and oxygen atoms in total. The lowest BCUT2D eigenvalue weighted by Crippen LogP contribution is -2.50. The van der Waals surface area contributed by atoms with E-state index in [1.54, 1.807) is 4.90 Å². The molecule has 1 fully saturated rings.